The summed E-state index contributed by atoms with van der Waals surface area (Å²) in [6, 6.07) is 6.93. The third-order valence-corrected chi connectivity index (χ3v) is 7.49. The first-order valence-corrected chi connectivity index (χ1v) is 11.8. The second kappa shape index (κ2) is 10.4. The van der Waals surface area contributed by atoms with E-state index in [1.54, 1.807) is 12.1 Å². The number of amides is 1. The highest BCUT2D eigenvalue weighted by Crippen LogP contribution is 2.24. The Bertz CT molecular complexity index is 722. The first kappa shape index (κ1) is 22.8. The third kappa shape index (κ3) is 6.03. The van der Waals surface area contributed by atoms with Crippen LogP contribution in [-0.2, 0) is 14.8 Å². The van der Waals surface area contributed by atoms with E-state index in [1.165, 1.54) is 4.31 Å². The highest BCUT2D eigenvalue weighted by molar-refractivity contribution is 7.89. The maximum absolute atomic E-state index is 12.8. The van der Waals surface area contributed by atoms with Crippen LogP contribution in [0, 0.1) is 18.8 Å². The molecule has 158 valence electrons. The van der Waals surface area contributed by atoms with Gasteiger partial charge in [0.25, 0.3) is 0 Å². The molecule has 1 aromatic carbocycles. The van der Waals surface area contributed by atoms with Crippen LogP contribution in [0.5, 0.6) is 0 Å². The maximum Gasteiger partial charge on any atom is 0.243 e. The summed E-state index contributed by atoms with van der Waals surface area (Å²) in [5, 5.41) is 3.06. The van der Waals surface area contributed by atoms with E-state index in [-0.39, 0.29) is 11.8 Å². The van der Waals surface area contributed by atoms with Crippen molar-refractivity contribution in [2.75, 3.05) is 39.3 Å². The number of benzene rings is 1. The number of carbonyl (C=O) groups excluding carboxylic acids is 1. The van der Waals surface area contributed by atoms with E-state index in [4.69, 9.17) is 0 Å². The molecule has 1 aromatic rings. The molecule has 2 rings (SSSR count). The predicted molar refractivity (Wildman–Crippen MR) is 113 cm³/mol. The quantitative estimate of drug-likeness (QED) is 0.680. The lowest BCUT2D eigenvalue weighted by Crippen LogP contribution is -2.44. The minimum absolute atomic E-state index is 0.0544. The minimum Gasteiger partial charge on any atom is -0.356 e. The molecule has 0 bridgehead atoms. The molecule has 0 aliphatic carbocycles. The normalized spacial score (nSPS) is 17.6. The average Bonchev–Trinajstić information content (AvgIpc) is 2.70. The Labute approximate surface area is 170 Å². The molecule has 1 fully saturated rings. The Hall–Kier alpha value is -1.44. The van der Waals surface area contributed by atoms with Gasteiger partial charge in [0.05, 0.1) is 4.90 Å². The van der Waals surface area contributed by atoms with E-state index in [0.29, 0.717) is 43.3 Å². The van der Waals surface area contributed by atoms with Gasteiger partial charge in [-0.15, -0.1) is 0 Å². The lowest BCUT2D eigenvalue weighted by atomic mass is 9.97. The molecular weight excluding hydrogens is 374 g/mol. The number of carbonyl (C=O) groups is 1. The number of hydrogen-bond acceptors (Lipinski definition) is 4. The molecule has 0 unspecified atom stereocenters. The molecule has 1 aliphatic heterocycles. The van der Waals surface area contributed by atoms with Gasteiger partial charge in [-0.25, -0.2) is 8.42 Å². The number of piperidine rings is 1. The Kier molecular flexibility index (Phi) is 8.46. The maximum atomic E-state index is 12.8. The van der Waals surface area contributed by atoms with Crippen molar-refractivity contribution in [2.24, 2.45) is 11.8 Å². The van der Waals surface area contributed by atoms with E-state index in [9.17, 15) is 13.2 Å². The number of sulfonamides is 1. The van der Waals surface area contributed by atoms with Crippen molar-refractivity contribution in [1.29, 1.82) is 0 Å². The van der Waals surface area contributed by atoms with Crippen LogP contribution in [0.15, 0.2) is 29.2 Å². The third-order valence-electron chi connectivity index (χ3n) is 5.57. The fourth-order valence-electron chi connectivity index (χ4n) is 3.62. The van der Waals surface area contributed by atoms with Gasteiger partial charge in [0, 0.05) is 32.1 Å². The van der Waals surface area contributed by atoms with Gasteiger partial charge in [-0.05, 0) is 50.9 Å². The number of hydrogen-bond donors (Lipinski definition) is 1. The summed E-state index contributed by atoms with van der Waals surface area (Å²) in [6.45, 7) is 12.8. The second-order valence-electron chi connectivity index (χ2n) is 7.83. The average molecular weight is 410 g/mol. The fourth-order valence-corrected chi connectivity index (χ4v) is 5.09. The molecule has 6 nitrogen and oxygen atoms in total. The molecule has 1 amide bonds. The van der Waals surface area contributed by atoms with E-state index in [0.717, 1.165) is 25.2 Å². The number of rotatable bonds is 9. The van der Waals surface area contributed by atoms with Crippen molar-refractivity contribution in [3.63, 3.8) is 0 Å². The summed E-state index contributed by atoms with van der Waals surface area (Å²) in [5.74, 6) is 0.342. The lowest BCUT2D eigenvalue weighted by molar-refractivity contribution is -0.126. The zero-order valence-corrected chi connectivity index (χ0v) is 18.5. The molecular formula is C21H35N3O3S. The Morgan fingerprint density at radius 1 is 1.18 bits per heavy atom. The van der Waals surface area contributed by atoms with Crippen LogP contribution < -0.4 is 5.32 Å². The molecule has 1 atom stereocenters. The molecule has 0 aromatic heterocycles. The summed E-state index contributed by atoms with van der Waals surface area (Å²) in [4.78, 5) is 15.2. The van der Waals surface area contributed by atoms with Gasteiger partial charge in [0.15, 0.2) is 0 Å². The van der Waals surface area contributed by atoms with Crippen molar-refractivity contribution >= 4 is 15.9 Å². The van der Waals surface area contributed by atoms with Crippen molar-refractivity contribution in [3.05, 3.63) is 29.8 Å². The van der Waals surface area contributed by atoms with Gasteiger partial charge in [0.2, 0.25) is 15.9 Å². The molecule has 7 heteroatoms. The Morgan fingerprint density at radius 3 is 2.29 bits per heavy atom. The van der Waals surface area contributed by atoms with E-state index < -0.39 is 10.0 Å². The molecule has 0 saturated carbocycles. The highest BCUT2D eigenvalue weighted by atomic mass is 32.2. The first-order valence-electron chi connectivity index (χ1n) is 10.3. The van der Waals surface area contributed by atoms with Crippen molar-refractivity contribution in [2.45, 2.75) is 45.4 Å². The van der Waals surface area contributed by atoms with Gasteiger partial charge >= 0.3 is 0 Å². The van der Waals surface area contributed by atoms with Crippen molar-refractivity contribution in [3.8, 4) is 0 Å². The molecule has 1 aliphatic rings. The smallest absolute Gasteiger partial charge is 0.243 e. The largest absolute Gasteiger partial charge is 0.356 e. The van der Waals surface area contributed by atoms with E-state index >= 15 is 0 Å². The molecule has 28 heavy (non-hydrogen) atoms. The lowest BCUT2D eigenvalue weighted by Gasteiger charge is -2.31. The van der Waals surface area contributed by atoms with Crippen LogP contribution in [0.4, 0.5) is 0 Å². The summed E-state index contributed by atoms with van der Waals surface area (Å²) in [5.41, 5.74) is 1.03. The molecule has 0 radical (unpaired) electrons. The van der Waals surface area contributed by atoms with Crippen LogP contribution in [0.25, 0.3) is 0 Å². The van der Waals surface area contributed by atoms with Crippen molar-refractivity contribution < 1.29 is 13.2 Å². The number of nitrogens with one attached hydrogen (secondary N) is 1. The molecule has 1 heterocycles. The van der Waals surface area contributed by atoms with Gasteiger partial charge in [-0.1, -0.05) is 38.5 Å². The first-order chi connectivity index (χ1) is 13.3. The van der Waals surface area contributed by atoms with Gasteiger partial charge in [0.1, 0.15) is 0 Å². The zero-order valence-electron chi connectivity index (χ0n) is 17.6. The Morgan fingerprint density at radius 2 is 1.75 bits per heavy atom. The van der Waals surface area contributed by atoms with Crippen LogP contribution in [-0.4, -0.2) is 62.8 Å². The molecule has 0 spiro atoms. The Balaban J connectivity index is 1.82. The van der Waals surface area contributed by atoms with Crippen LogP contribution >= 0.6 is 0 Å². The molecule has 1 N–H and O–H groups in total. The summed E-state index contributed by atoms with van der Waals surface area (Å²) in [6.07, 6.45) is 1.14. The summed E-state index contributed by atoms with van der Waals surface area (Å²) < 4.78 is 27.0. The number of nitrogens with zero attached hydrogens (tertiary/aromatic N) is 2. The summed E-state index contributed by atoms with van der Waals surface area (Å²) in [7, 11) is -3.48. The van der Waals surface area contributed by atoms with Gasteiger partial charge in [-0.2, -0.15) is 4.31 Å². The highest BCUT2D eigenvalue weighted by Gasteiger charge is 2.32. The number of aryl methyl sites for hydroxylation is 1. The van der Waals surface area contributed by atoms with Crippen molar-refractivity contribution in [1.82, 2.24) is 14.5 Å². The van der Waals surface area contributed by atoms with Gasteiger partial charge < -0.3 is 10.2 Å². The van der Waals surface area contributed by atoms with Crippen LogP contribution in [0.1, 0.15) is 39.2 Å². The zero-order chi connectivity index (χ0) is 20.7. The monoisotopic (exact) mass is 409 g/mol. The summed E-state index contributed by atoms with van der Waals surface area (Å²) >= 11 is 0. The standard InChI is InChI=1S/C21H35N3O3S/c1-5-23(6-2)16-18(4)15-22-21(25)19-11-13-24(14-12-19)28(26,27)20-9-7-17(3)8-10-20/h7-10,18-19H,5-6,11-16H2,1-4H3,(H,22,25)/t18-/m0/s1. The SMILES string of the molecule is CCN(CC)C[C@@H](C)CNC(=O)C1CCN(S(=O)(=O)c2ccc(C)cc2)CC1. The van der Waals surface area contributed by atoms with Crippen LogP contribution in [0.2, 0.25) is 0 Å². The predicted octanol–water partition coefficient (Wildman–Crippen LogP) is 2.49. The second-order valence-corrected chi connectivity index (χ2v) is 9.77. The minimum atomic E-state index is -3.48. The fraction of sp³-hybridized carbons (Fsp3) is 0.667. The van der Waals surface area contributed by atoms with E-state index in [1.807, 2.05) is 19.1 Å². The van der Waals surface area contributed by atoms with Crippen LogP contribution in [0.3, 0.4) is 0 Å². The van der Waals surface area contributed by atoms with Gasteiger partial charge in [-0.3, -0.25) is 4.79 Å². The molecule has 1 saturated heterocycles. The van der Waals surface area contributed by atoms with E-state index in [2.05, 4.69) is 31.0 Å². The topological polar surface area (TPSA) is 69.7 Å².